The molecule has 8 nitrogen and oxygen atoms in total. The standard InChI is InChI=1S/C13H14N4O4/c1-20-8-12(18)16-5-2-6-17(16)13(19)9-3-4-10-11(7-9)15-21-14-10/h3-4,7H,2,5-6,8H2,1H3. The summed E-state index contributed by atoms with van der Waals surface area (Å²) in [6, 6.07) is 4.91. The molecular weight excluding hydrogens is 276 g/mol. The van der Waals surface area contributed by atoms with Gasteiger partial charge in [-0.3, -0.25) is 9.59 Å². The molecule has 0 bridgehead atoms. The van der Waals surface area contributed by atoms with Crippen molar-refractivity contribution >= 4 is 22.8 Å². The van der Waals surface area contributed by atoms with Gasteiger partial charge in [0, 0.05) is 25.8 Å². The molecule has 0 aliphatic carbocycles. The molecule has 0 radical (unpaired) electrons. The molecule has 110 valence electrons. The highest BCUT2D eigenvalue weighted by Gasteiger charge is 2.31. The summed E-state index contributed by atoms with van der Waals surface area (Å²) in [7, 11) is 1.45. The molecular formula is C13H14N4O4. The zero-order chi connectivity index (χ0) is 14.8. The SMILES string of the molecule is COCC(=O)N1CCCN1C(=O)c1ccc2nonc2c1. The number of hydrogen-bond donors (Lipinski definition) is 0. The van der Waals surface area contributed by atoms with Crippen LogP contribution < -0.4 is 0 Å². The number of carbonyl (C=O) groups excluding carboxylic acids is 2. The van der Waals surface area contributed by atoms with Crippen molar-refractivity contribution in [2.24, 2.45) is 0 Å². The first-order valence-corrected chi connectivity index (χ1v) is 6.54. The van der Waals surface area contributed by atoms with E-state index < -0.39 is 0 Å². The molecule has 0 saturated carbocycles. The van der Waals surface area contributed by atoms with Crippen molar-refractivity contribution in [2.45, 2.75) is 6.42 Å². The Labute approximate surface area is 120 Å². The first-order chi connectivity index (χ1) is 10.2. The van der Waals surface area contributed by atoms with Crippen LogP contribution >= 0.6 is 0 Å². The van der Waals surface area contributed by atoms with Crippen molar-refractivity contribution in [2.75, 3.05) is 26.8 Å². The minimum Gasteiger partial charge on any atom is -0.375 e. The Hall–Kier alpha value is -2.48. The van der Waals surface area contributed by atoms with Crippen LogP contribution in [0.1, 0.15) is 16.8 Å². The Bertz CT molecular complexity index is 684. The largest absolute Gasteiger partial charge is 0.375 e. The Morgan fingerprint density at radius 3 is 2.81 bits per heavy atom. The van der Waals surface area contributed by atoms with E-state index >= 15 is 0 Å². The Balaban J connectivity index is 1.84. The third-order valence-electron chi connectivity index (χ3n) is 3.32. The Morgan fingerprint density at radius 1 is 1.24 bits per heavy atom. The van der Waals surface area contributed by atoms with Crippen LogP contribution in [0, 0.1) is 0 Å². The van der Waals surface area contributed by atoms with Crippen LogP contribution in [0.25, 0.3) is 11.0 Å². The van der Waals surface area contributed by atoms with Crippen LogP contribution in [0.4, 0.5) is 0 Å². The molecule has 2 amide bonds. The number of hydrazine groups is 1. The summed E-state index contributed by atoms with van der Waals surface area (Å²) >= 11 is 0. The molecule has 21 heavy (non-hydrogen) atoms. The summed E-state index contributed by atoms with van der Waals surface area (Å²) in [5, 5.41) is 10.3. The summed E-state index contributed by atoms with van der Waals surface area (Å²) in [4.78, 5) is 24.5. The van der Waals surface area contributed by atoms with E-state index in [1.54, 1.807) is 18.2 Å². The maximum atomic E-state index is 12.5. The maximum absolute atomic E-state index is 12.5. The molecule has 1 aromatic carbocycles. The van der Waals surface area contributed by atoms with E-state index in [0.717, 1.165) is 6.42 Å². The zero-order valence-corrected chi connectivity index (χ0v) is 11.5. The average molecular weight is 290 g/mol. The molecule has 8 heteroatoms. The number of fused-ring (bicyclic) bond motifs is 1. The van der Waals surface area contributed by atoms with Gasteiger partial charge in [0.1, 0.15) is 17.6 Å². The predicted molar refractivity (Wildman–Crippen MR) is 71.0 cm³/mol. The molecule has 0 spiro atoms. The van der Waals surface area contributed by atoms with E-state index in [2.05, 4.69) is 14.9 Å². The van der Waals surface area contributed by atoms with Gasteiger partial charge in [0.2, 0.25) is 0 Å². The van der Waals surface area contributed by atoms with Crippen molar-refractivity contribution in [3.63, 3.8) is 0 Å². The van der Waals surface area contributed by atoms with E-state index in [1.165, 1.54) is 17.1 Å². The van der Waals surface area contributed by atoms with E-state index in [4.69, 9.17) is 4.74 Å². The second-order valence-electron chi connectivity index (χ2n) is 4.70. The van der Waals surface area contributed by atoms with Crippen LogP contribution in [0.2, 0.25) is 0 Å². The zero-order valence-electron chi connectivity index (χ0n) is 11.5. The molecule has 0 atom stereocenters. The molecule has 2 aromatic rings. The van der Waals surface area contributed by atoms with Gasteiger partial charge in [0.05, 0.1) is 0 Å². The average Bonchev–Trinajstić information content (AvgIpc) is 3.14. The lowest BCUT2D eigenvalue weighted by Gasteiger charge is -2.27. The summed E-state index contributed by atoms with van der Waals surface area (Å²) in [5.74, 6) is -0.477. The number of benzene rings is 1. The van der Waals surface area contributed by atoms with E-state index in [-0.39, 0.29) is 18.4 Å². The maximum Gasteiger partial charge on any atom is 0.272 e. The molecule has 1 aliphatic rings. The number of rotatable bonds is 3. The third kappa shape index (κ3) is 2.45. The highest BCUT2D eigenvalue weighted by atomic mass is 16.6. The van der Waals surface area contributed by atoms with Crippen LogP contribution in [0.15, 0.2) is 22.8 Å². The number of carbonyl (C=O) groups is 2. The van der Waals surface area contributed by atoms with Crippen molar-refractivity contribution in [1.29, 1.82) is 0 Å². The lowest BCUT2D eigenvalue weighted by atomic mass is 10.2. The first kappa shape index (κ1) is 13.5. The van der Waals surface area contributed by atoms with Crippen LogP contribution in [-0.2, 0) is 9.53 Å². The topological polar surface area (TPSA) is 88.8 Å². The van der Waals surface area contributed by atoms with Gasteiger partial charge in [-0.25, -0.2) is 14.6 Å². The quantitative estimate of drug-likeness (QED) is 0.816. The Kier molecular flexibility index (Phi) is 3.53. The van der Waals surface area contributed by atoms with Crippen LogP contribution in [-0.4, -0.2) is 59.0 Å². The smallest absolute Gasteiger partial charge is 0.272 e. The lowest BCUT2D eigenvalue weighted by Crippen LogP contribution is -2.46. The van der Waals surface area contributed by atoms with Gasteiger partial charge in [-0.2, -0.15) is 0 Å². The van der Waals surface area contributed by atoms with Crippen LogP contribution in [0.3, 0.4) is 0 Å². The fourth-order valence-electron chi connectivity index (χ4n) is 2.34. The second kappa shape index (κ2) is 5.49. The summed E-state index contributed by atoms with van der Waals surface area (Å²) in [6.07, 6.45) is 0.745. The first-order valence-electron chi connectivity index (χ1n) is 6.54. The molecule has 0 unspecified atom stereocenters. The number of aromatic nitrogens is 2. The molecule has 1 saturated heterocycles. The fourth-order valence-corrected chi connectivity index (χ4v) is 2.34. The van der Waals surface area contributed by atoms with E-state index in [1.807, 2.05) is 0 Å². The van der Waals surface area contributed by atoms with Gasteiger partial charge >= 0.3 is 0 Å². The molecule has 1 aromatic heterocycles. The minimum absolute atomic E-state index is 0.0456. The molecule has 2 heterocycles. The van der Waals surface area contributed by atoms with Gasteiger partial charge in [0.25, 0.3) is 11.8 Å². The highest BCUT2D eigenvalue weighted by molar-refractivity contribution is 5.98. The number of nitrogens with zero attached hydrogens (tertiary/aromatic N) is 4. The van der Waals surface area contributed by atoms with Crippen molar-refractivity contribution in [1.82, 2.24) is 20.3 Å². The van der Waals surface area contributed by atoms with Gasteiger partial charge in [-0.05, 0) is 34.9 Å². The van der Waals surface area contributed by atoms with E-state index in [0.29, 0.717) is 29.7 Å². The summed E-state index contributed by atoms with van der Waals surface area (Å²) in [6.45, 7) is 0.973. The van der Waals surface area contributed by atoms with E-state index in [9.17, 15) is 9.59 Å². The number of hydrogen-bond acceptors (Lipinski definition) is 6. The number of amides is 2. The van der Waals surface area contributed by atoms with Gasteiger partial charge in [-0.1, -0.05) is 0 Å². The molecule has 1 aliphatic heterocycles. The van der Waals surface area contributed by atoms with Gasteiger partial charge in [0.15, 0.2) is 0 Å². The third-order valence-corrected chi connectivity index (χ3v) is 3.32. The van der Waals surface area contributed by atoms with Gasteiger partial charge in [-0.15, -0.1) is 0 Å². The molecule has 3 rings (SSSR count). The summed E-state index contributed by atoms with van der Waals surface area (Å²) in [5.41, 5.74) is 1.53. The minimum atomic E-state index is -0.248. The predicted octanol–water partition coefficient (Wildman–Crippen LogP) is 0.459. The number of ether oxygens (including phenoxy) is 1. The fraction of sp³-hybridized carbons (Fsp3) is 0.385. The number of methoxy groups -OCH3 is 1. The molecule has 1 fully saturated rings. The molecule has 0 N–H and O–H groups in total. The van der Waals surface area contributed by atoms with Crippen molar-refractivity contribution in [3.05, 3.63) is 23.8 Å². The van der Waals surface area contributed by atoms with Gasteiger partial charge < -0.3 is 4.74 Å². The summed E-state index contributed by atoms with van der Waals surface area (Å²) < 4.78 is 9.45. The van der Waals surface area contributed by atoms with Crippen molar-refractivity contribution < 1.29 is 19.0 Å². The highest BCUT2D eigenvalue weighted by Crippen LogP contribution is 2.18. The second-order valence-corrected chi connectivity index (χ2v) is 4.70. The van der Waals surface area contributed by atoms with Crippen molar-refractivity contribution in [3.8, 4) is 0 Å². The normalized spacial score (nSPS) is 14.9. The lowest BCUT2D eigenvalue weighted by molar-refractivity contribution is -0.144. The Morgan fingerprint density at radius 2 is 2.00 bits per heavy atom. The monoisotopic (exact) mass is 290 g/mol. The van der Waals surface area contributed by atoms with Crippen LogP contribution in [0.5, 0.6) is 0 Å².